The van der Waals surface area contributed by atoms with E-state index in [0.717, 1.165) is 38.4 Å². The van der Waals surface area contributed by atoms with E-state index < -0.39 is 6.03 Å². The van der Waals surface area contributed by atoms with Crippen molar-refractivity contribution in [3.05, 3.63) is 31.0 Å². The molecular formula is C16H24N6O2. The fourth-order valence-electron chi connectivity index (χ4n) is 2.61. The summed E-state index contributed by atoms with van der Waals surface area (Å²) in [5.74, 6) is 0.546. The van der Waals surface area contributed by atoms with Crippen LogP contribution < -0.4 is 15.5 Å². The van der Waals surface area contributed by atoms with Crippen molar-refractivity contribution in [2.24, 2.45) is 0 Å². The van der Waals surface area contributed by atoms with Crippen molar-refractivity contribution in [3.63, 3.8) is 0 Å². The molecule has 1 fully saturated rings. The van der Waals surface area contributed by atoms with E-state index in [2.05, 4.69) is 37.2 Å². The Morgan fingerprint density at radius 1 is 1.38 bits per heavy atom. The van der Waals surface area contributed by atoms with E-state index in [1.807, 2.05) is 19.1 Å². The lowest BCUT2D eigenvalue weighted by Crippen LogP contribution is -2.50. The van der Waals surface area contributed by atoms with Crippen molar-refractivity contribution in [3.8, 4) is 0 Å². The molecule has 8 heteroatoms. The third-order valence-electron chi connectivity index (χ3n) is 3.98. The van der Waals surface area contributed by atoms with Crippen LogP contribution in [0.25, 0.3) is 0 Å². The van der Waals surface area contributed by atoms with E-state index in [9.17, 15) is 9.59 Å². The zero-order chi connectivity index (χ0) is 17.4. The Balaban J connectivity index is 1.87. The van der Waals surface area contributed by atoms with E-state index in [1.54, 1.807) is 12.3 Å². The van der Waals surface area contributed by atoms with Crippen LogP contribution in [-0.4, -0.2) is 65.8 Å². The molecule has 0 bridgehead atoms. The van der Waals surface area contributed by atoms with Gasteiger partial charge in [-0.15, -0.1) is 11.7 Å². The molecule has 0 saturated carbocycles. The Labute approximate surface area is 141 Å². The lowest BCUT2D eigenvalue weighted by atomic mass is 10.2. The molecule has 3 amide bonds. The molecule has 0 unspecified atom stereocenters. The summed E-state index contributed by atoms with van der Waals surface area (Å²) in [6, 6.07) is 2.93. The number of aromatic nitrogens is 2. The molecule has 1 atom stereocenters. The summed E-state index contributed by atoms with van der Waals surface area (Å²) in [7, 11) is 0. The third-order valence-corrected chi connectivity index (χ3v) is 3.98. The zero-order valence-electron chi connectivity index (χ0n) is 13.9. The van der Waals surface area contributed by atoms with Gasteiger partial charge in [0.05, 0.1) is 6.04 Å². The van der Waals surface area contributed by atoms with Gasteiger partial charge < -0.3 is 10.2 Å². The quantitative estimate of drug-likeness (QED) is 0.758. The van der Waals surface area contributed by atoms with Gasteiger partial charge >= 0.3 is 6.03 Å². The minimum atomic E-state index is -0.497. The molecule has 0 radical (unpaired) electrons. The van der Waals surface area contributed by atoms with Gasteiger partial charge in [-0.2, -0.15) is 5.10 Å². The SMILES string of the molecule is C=CCNC(=O)NC(=O)[C@@H](C)N1CCCN(c2cccnn2)CC1. The van der Waals surface area contributed by atoms with Crippen LogP contribution in [0, 0.1) is 0 Å². The van der Waals surface area contributed by atoms with Gasteiger partial charge in [-0.05, 0) is 25.5 Å². The number of imide groups is 1. The number of nitrogens with zero attached hydrogens (tertiary/aromatic N) is 4. The predicted molar refractivity (Wildman–Crippen MR) is 91.6 cm³/mol. The molecule has 0 aliphatic carbocycles. The van der Waals surface area contributed by atoms with Gasteiger partial charge in [0.25, 0.3) is 0 Å². The maximum absolute atomic E-state index is 12.2. The van der Waals surface area contributed by atoms with E-state index in [-0.39, 0.29) is 11.9 Å². The first-order valence-electron chi connectivity index (χ1n) is 8.08. The van der Waals surface area contributed by atoms with Crippen LogP contribution in [0.3, 0.4) is 0 Å². The molecule has 24 heavy (non-hydrogen) atoms. The lowest BCUT2D eigenvalue weighted by Gasteiger charge is -2.26. The topological polar surface area (TPSA) is 90.5 Å². The monoisotopic (exact) mass is 332 g/mol. The summed E-state index contributed by atoms with van der Waals surface area (Å²) >= 11 is 0. The second kappa shape index (κ2) is 8.97. The second-order valence-electron chi connectivity index (χ2n) is 5.62. The highest BCUT2D eigenvalue weighted by molar-refractivity contribution is 5.96. The first-order chi connectivity index (χ1) is 11.6. The van der Waals surface area contributed by atoms with Crippen LogP contribution in [0.5, 0.6) is 0 Å². The molecule has 8 nitrogen and oxygen atoms in total. The molecular weight excluding hydrogens is 308 g/mol. The highest BCUT2D eigenvalue weighted by atomic mass is 16.2. The van der Waals surface area contributed by atoms with Gasteiger partial charge in [0, 0.05) is 38.9 Å². The molecule has 2 heterocycles. The van der Waals surface area contributed by atoms with Crippen molar-refractivity contribution in [2.75, 3.05) is 37.6 Å². The summed E-state index contributed by atoms with van der Waals surface area (Å²) in [6.07, 6.45) is 4.12. The number of urea groups is 1. The van der Waals surface area contributed by atoms with Crippen LogP contribution in [0.4, 0.5) is 10.6 Å². The molecule has 2 rings (SSSR count). The predicted octanol–water partition coefficient (Wildman–Crippen LogP) is 0.389. The second-order valence-corrected chi connectivity index (χ2v) is 5.62. The first-order valence-corrected chi connectivity index (χ1v) is 8.08. The number of hydrogen-bond donors (Lipinski definition) is 2. The molecule has 130 valence electrons. The minimum Gasteiger partial charge on any atom is -0.354 e. The molecule has 1 saturated heterocycles. The van der Waals surface area contributed by atoms with Crippen LogP contribution in [0.1, 0.15) is 13.3 Å². The average molecular weight is 332 g/mol. The Hall–Kier alpha value is -2.48. The highest BCUT2D eigenvalue weighted by Crippen LogP contribution is 2.13. The number of carbonyl (C=O) groups excluding carboxylic acids is 2. The van der Waals surface area contributed by atoms with Crippen LogP contribution in [-0.2, 0) is 4.79 Å². The first kappa shape index (κ1) is 17.9. The van der Waals surface area contributed by atoms with E-state index in [0.29, 0.717) is 6.54 Å². The number of carbonyl (C=O) groups is 2. The van der Waals surface area contributed by atoms with Gasteiger partial charge in [-0.25, -0.2) is 4.79 Å². The van der Waals surface area contributed by atoms with Crippen molar-refractivity contribution >= 4 is 17.8 Å². The molecule has 0 aromatic carbocycles. The fourth-order valence-corrected chi connectivity index (χ4v) is 2.61. The van der Waals surface area contributed by atoms with E-state index >= 15 is 0 Å². The van der Waals surface area contributed by atoms with Crippen molar-refractivity contribution in [2.45, 2.75) is 19.4 Å². The summed E-state index contributed by atoms with van der Waals surface area (Å²) in [5.41, 5.74) is 0. The van der Waals surface area contributed by atoms with Gasteiger partial charge in [0.15, 0.2) is 5.82 Å². The number of nitrogens with one attached hydrogen (secondary N) is 2. The van der Waals surface area contributed by atoms with Crippen LogP contribution >= 0.6 is 0 Å². The molecule has 1 aromatic heterocycles. The maximum atomic E-state index is 12.2. The zero-order valence-corrected chi connectivity index (χ0v) is 13.9. The summed E-state index contributed by atoms with van der Waals surface area (Å²) < 4.78 is 0. The summed E-state index contributed by atoms with van der Waals surface area (Å²) in [4.78, 5) is 28.0. The molecule has 1 aliphatic rings. The molecule has 1 aromatic rings. The molecule has 2 N–H and O–H groups in total. The Bertz CT molecular complexity index is 565. The fraction of sp³-hybridized carbons (Fsp3) is 0.500. The number of amides is 3. The standard InChI is InChI=1S/C16H24N6O2/c1-3-7-17-16(24)19-15(23)13(2)21-9-5-10-22(12-11-21)14-6-4-8-18-20-14/h3-4,6,8,13H,1,5,7,9-12H2,2H3,(H2,17,19,23,24)/t13-/m1/s1. The third kappa shape index (κ3) is 5.02. The van der Waals surface area contributed by atoms with E-state index in [4.69, 9.17) is 0 Å². The van der Waals surface area contributed by atoms with Gasteiger partial charge in [0.2, 0.25) is 5.91 Å². The van der Waals surface area contributed by atoms with Crippen molar-refractivity contribution in [1.29, 1.82) is 0 Å². The number of hydrogen-bond acceptors (Lipinski definition) is 6. The number of anilines is 1. The Morgan fingerprint density at radius 2 is 2.21 bits per heavy atom. The average Bonchev–Trinajstić information content (AvgIpc) is 2.86. The Morgan fingerprint density at radius 3 is 2.92 bits per heavy atom. The summed E-state index contributed by atoms with van der Waals surface area (Å²) in [5, 5.41) is 12.9. The smallest absolute Gasteiger partial charge is 0.321 e. The lowest BCUT2D eigenvalue weighted by molar-refractivity contribution is -0.124. The summed E-state index contributed by atoms with van der Waals surface area (Å²) in [6.45, 7) is 8.79. The highest BCUT2D eigenvalue weighted by Gasteiger charge is 2.25. The Kier molecular flexibility index (Phi) is 6.68. The van der Waals surface area contributed by atoms with Gasteiger partial charge in [-0.1, -0.05) is 6.08 Å². The largest absolute Gasteiger partial charge is 0.354 e. The molecule has 1 aliphatic heterocycles. The minimum absolute atomic E-state index is 0.301. The van der Waals surface area contributed by atoms with Gasteiger partial charge in [-0.3, -0.25) is 15.0 Å². The number of rotatable bonds is 5. The van der Waals surface area contributed by atoms with Crippen LogP contribution in [0.15, 0.2) is 31.0 Å². The van der Waals surface area contributed by atoms with Crippen molar-refractivity contribution < 1.29 is 9.59 Å². The normalized spacial score (nSPS) is 16.8. The van der Waals surface area contributed by atoms with Gasteiger partial charge in [0.1, 0.15) is 0 Å². The van der Waals surface area contributed by atoms with Crippen molar-refractivity contribution in [1.82, 2.24) is 25.7 Å². The maximum Gasteiger partial charge on any atom is 0.321 e. The van der Waals surface area contributed by atoms with Crippen LogP contribution in [0.2, 0.25) is 0 Å². The molecule has 0 spiro atoms. The van der Waals surface area contributed by atoms with E-state index in [1.165, 1.54) is 0 Å².